The molecule has 0 unspecified atom stereocenters. The van der Waals surface area contributed by atoms with Crippen molar-refractivity contribution in [3.05, 3.63) is 109 Å². The van der Waals surface area contributed by atoms with E-state index in [1.807, 2.05) is 6.07 Å². The van der Waals surface area contributed by atoms with Gasteiger partial charge in [0, 0.05) is 23.3 Å². The van der Waals surface area contributed by atoms with Gasteiger partial charge in [-0.2, -0.15) is 5.26 Å². The first-order chi connectivity index (χ1) is 14.9. The number of nitriles is 1. The number of benzene rings is 3. The summed E-state index contributed by atoms with van der Waals surface area (Å²) in [6, 6.07) is 19.1. The lowest BCUT2D eigenvalue weighted by Gasteiger charge is -2.10. The molecule has 0 saturated carbocycles. The minimum Gasteiger partial charge on any atom is -0.488 e. The Bertz CT molecular complexity index is 1230. The number of carbonyl (C=O) groups excluding carboxylic acids is 1. The first-order valence-corrected chi connectivity index (χ1v) is 9.71. The second-order valence-electron chi connectivity index (χ2n) is 6.38. The molecule has 3 rings (SSSR count). The zero-order valence-corrected chi connectivity index (χ0v) is 17.4. The van der Waals surface area contributed by atoms with Crippen molar-refractivity contribution in [2.24, 2.45) is 0 Å². The van der Waals surface area contributed by atoms with E-state index >= 15 is 0 Å². The van der Waals surface area contributed by atoms with E-state index in [9.17, 15) is 20.2 Å². The molecule has 0 spiro atoms. The maximum absolute atomic E-state index is 12.7. The zero-order valence-electron chi connectivity index (χ0n) is 15.9. The van der Waals surface area contributed by atoms with Gasteiger partial charge in [-0.1, -0.05) is 59.6 Å². The van der Waals surface area contributed by atoms with Crippen LogP contribution in [-0.4, -0.2) is 10.7 Å². The van der Waals surface area contributed by atoms with Crippen LogP contribution in [0.5, 0.6) is 5.75 Å². The minimum absolute atomic E-state index is 0.0520. The largest absolute Gasteiger partial charge is 0.488 e. The van der Waals surface area contributed by atoms with E-state index in [1.54, 1.807) is 42.5 Å². The molecule has 0 saturated heterocycles. The average Bonchev–Trinajstić information content (AvgIpc) is 2.78. The van der Waals surface area contributed by atoms with Crippen molar-refractivity contribution in [1.82, 2.24) is 0 Å². The summed E-state index contributed by atoms with van der Waals surface area (Å²) in [5.74, 6) is -0.168. The standard InChI is InChI=1S/C23H14Cl2N2O4/c24-20-9-8-15(10-21(20)25)14-31-22-7-2-1-4-16(22)11-18(13-26)23(28)17-5-3-6-19(12-17)27(29)30/h1-12H,14H2. The molecule has 0 aliphatic rings. The van der Waals surface area contributed by atoms with Crippen molar-refractivity contribution in [2.45, 2.75) is 6.61 Å². The number of rotatable bonds is 7. The van der Waals surface area contributed by atoms with Gasteiger partial charge in [-0.15, -0.1) is 0 Å². The highest BCUT2D eigenvalue weighted by Gasteiger charge is 2.16. The predicted octanol–water partition coefficient (Wildman–Crippen LogP) is 6.27. The highest BCUT2D eigenvalue weighted by atomic mass is 35.5. The van der Waals surface area contributed by atoms with E-state index in [2.05, 4.69) is 0 Å². The molecule has 154 valence electrons. The molecule has 0 radical (unpaired) electrons. The number of ether oxygens (including phenoxy) is 1. The van der Waals surface area contributed by atoms with Gasteiger partial charge >= 0.3 is 0 Å². The molecule has 3 aromatic rings. The number of Topliss-reactive ketones (excluding diaryl/α,β-unsaturated/α-hetero) is 1. The lowest BCUT2D eigenvalue weighted by molar-refractivity contribution is -0.384. The summed E-state index contributed by atoms with van der Waals surface area (Å²) in [7, 11) is 0. The summed E-state index contributed by atoms with van der Waals surface area (Å²) in [6.45, 7) is 0.197. The molecule has 0 bridgehead atoms. The number of carbonyl (C=O) groups is 1. The Morgan fingerprint density at radius 1 is 1.06 bits per heavy atom. The molecule has 0 amide bonds. The number of para-hydroxylation sites is 1. The van der Waals surface area contributed by atoms with Gasteiger partial charge in [0.05, 0.1) is 15.0 Å². The SMILES string of the molecule is N#CC(=Cc1ccccc1OCc1ccc(Cl)c(Cl)c1)C(=O)c1cccc([N+](=O)[O-])c1. The monoisotopic (exact) mass is 452 g/mol. The normalized spacial score (nSPS) is 10.9. The summed E-state index contributed by atoms with van der Waals surface area (Å²) in [6.07, 6.45) is 1.39. The Hall–Kier alpha value is -3.66. The highest BCUT2D eigenvalue weighted by Crippen LogP contribution is 2.26. The summed E-state index contributed by atoms with van der Waals surface area (Å²) in [5.41, 5.74) is 0.954. The number of ketones is 1. The third-order valence-electron chi connectivity index (χ3n) is 4.28. The third-order valence-corrected chi connectivity index (χ3v) is 5.02. The highest BCUT2D eigenvalue weighted by molar-refractivity contribution is 6.42. The van der Waals surface area contributed by atoms with Gasteiger partial charge in [-0.05, 0) is 29.8 Å². The van der Waals surface area contributed by atoms with E-state index in [4.69, 9.17) is 27.9 Å². The number of hydrogen-bond donors (Lipinski definition) is 0. The minimum atomic E-state index is -0.620. The Morgan fingerprint density at radius 3 is 2.55 bits per heavy atom. The van der Waals surface area contributed by atoms with Crippen LogP contribution >= 0.6 is 23.2 Å². The number of nitro benzene ring substituents is 1. The Morgan fingerprint density at radius 2 is 1.84 bits per heavy atom. The lowest BCUT2D eigenvalue weighted by Crippen LogP contribution is -2.03. The number of nitrogens with zero attached hydrogens (tertiary/aromatic N) is 2. The van der Waals surface area contributed by atoms with Crippen LogP contribution in [0.3, 0.4) is 0 Å². The van der Waals surface area contributed by atoms with Gasteiger partial charge in [-0.3, -0.25) is 14.9 Å². The van der Waals surface area contributed by atoms with Crippen molar-refractivity contribution in [2.75, 3.05) is 0 Å². The summed E-state index contributed by atoms with van der Waals surface area (Å²) in [4.78, 5) is 23.1. The molecule has 6 nitrogen and oxygen atoms in total. The number of hydrogen-bond acceptors (Lipinski definition) is 5. The maximum Gasteiger partial charge on any atom is 0.270 e. The summed E-state index contributed by atoms with van der Waals surface area (Å²) in [5, 5.41) is 21.3. The molecule has 3 aromatic carbocycles. The molecule has 0 heterocycles. The average molecular weight is 453 g/mol. The first kappa shape index (κ1) is 22.0. The smallest absolute Gasteiger partial charge is 0.270 e. The van der Waals surface area contributed by atoms with E-state index in [-0.39, 0.29) is 23.4 Å². The van der Waals surface area contributed by atoms with Crippen molar-refractivity contribution in [3.8, 4) is 11.8 Å². The van der Waals surface area contributed by atoms with Crippen LogP contribution in [0.15, 0.2) is 72.3 Å². The Labute approximate surface area is 188 Å². The van der Waals surface area contributed by atoms with Crippen molar-refractivity contribution in [3.63, 3.8) is 0 Å². The van der Waals surface area contributed by atoms with Crippen molar-refractivity contribution < 1.29 is 14.5 Å². The number of halogens is 2. The topological polar surface area (TPSA) is 93.2 Å². The van der Waals surface area contributed by atoms with Gasteiger partial charge in [0.2, 0.25) is 5.78 Å². The van der Waals surface area contributed by atoms with Gasteiger partial charge in [0.25, 0.3) is 5.69 Å². The predicted molar refractivity (Wildman–Crippen MR) is 118 cm³/mol. The molecule has 8 heteroatoms. The second-order valence-corrected chi connectivity index (χ2v) is 7.20. The zero-order chi connectivity index (χ0) is 22.4. The van der Waals surface area contributed by atoms with Crippen LogP contribution < -0.4 is 4.74 Å². The fourth-order valence-corrected chi connectivity index (χ4v) is 3.06. The number of nitro groups is 1. The van der Waals surface area contributed by atoms with E-state index in [0.717, 1.165) is 11.6 Å². The van der Waals surface area contributed by atoms with Crippen LogP contribution in [0.4, 0.5) is 5.69 Å². The van der Waals surface area contributed by atoms with Crippen molar-refractivity contribution in [1.29, 1.82) is 5.26 Å². The van der Waals surface area contributed by atoms with Crippen LogP contribution in [0.2, 0.25) is 10.0 Å². The van der Waals surface area contributed by atoms with Crippen molar-refractivity contribution >= 4 is 40.7 Å². The van der Waals surface area contributed by atoms with Gasteiger partial charge in [0.1, 0.15) is 24.0 Å². The Balaban J connectivity index is 1.87. The van der Waals surface area contributed by atoms with E-state index in [0.29, 0.717) is 21.4 Å². The Kier molecular flexibility index (Phi) is 7.03. The molecule has 0 fully saturated rings. The van der Waals surface area contributed by atoms with Crippen LogP contribution in [0, 0.1) is 21.4 Å². The molecular weight excluding hydrogens is 439 g/mol. The van der Waals surface area contributed by atoms with Crippen LogP contribution in [-0.2, 0) is 6.61 Å². The van der Waals surface area contributed by atoms with Gasteiger partial charge in [0.15, 0.2) is 0 Å². The lowest BCUT2D eigenvalue weighted by atomic mass is 10.0. The van der Waals surface area contributed by atoms with Crippen LogP contribution in [0.1, 0.15) is 21.5 Å². The molecule has 0 aliphatic carbocycles. The van der Waals surface area contributed by atoms with E-state index in [1.165, 1.54) is 24.3 Å². The number of allylic oxidation sites excluding steroid dienone is 1. The maximum atomic E-state index is 12.7. The molecule has 0 atom stereocenters. The summed E-state index contributed by atoms with van der Waals surface area (Å²) >= 11 is 11.9. The molecule has 0 N–H and O–H groups in total. The third kappa shape index (κ3) is 5.48. The molecular formula is C23H14Cl2N2O4. The fraction of sp³-hybridized carbons (Fsp3) is 0.0435. The van der Waals surface area contributed by atoms with E-state index < -0.39 is 10.7 Å². The fourth-order valence-electron chi connectivity index (χ4n) is 2.74. The van der Waals surface area contributed by atoms with Gasteiger partial charge < -0.3 is 4.74 Å². The quantitative estimate of drug-likeness (QED) is 0.138. The second kappa shape index (κ2) is 9.90. The summed E-state index contributed by atoms with van der Waals surface area (Å²) < 4.78 is 5.84. The molecule has 0 aliphatic heterocycles. The first-order valence-electron chi connectivity index (χ1n) is 8.95. The van der Waals surface area contributed by atoms with Crippen LogP contribution in [0.25, 0.3) is 6.08 Å². The molecule has 31 heavy (non-hydrogen) atoms. The molecule has 0 aromatic heterocycles. The van der Waals surface area contributed by atoms with Gasteiger partial charge in [-0.25, -0.2) is 0 Å². The number of non-ortho nitro benzene ring substituents is 1.